The van der Waals surface area contributed by atoms with Gasteiger partial charge in [0.2, 0.25) is 0 Å². The van der Waals surface area contributed by atoms with Crippen molar-refractivity contribution in [3.05, 3.63) is 48.0 Å². The van der Waals surface area contributed by atoms with Gasteiger partial charge in [0, 0.05) is 18.3 Å². The van der Waals surface area contributed by atoms with Crippen LogP contribution in [-0.4, -0.2) is 11.0 Å². The molecule has 0 atom stereocenters. The number of carbonyl (C=O) groups excluding carboxylic acids is 1. The van der Waals surface area contributed by atoms with Crippen molar-refractivity contribution in [3.63, 3.8) is 0 Å². The fourth-order valence-electron chi connectivity index (χ4n) is 1.47. The first-order chi connectivity index (χ1) is 9.58. The topological polar surface area (TPSA) is 101 Å². The van der Waals surface area contributed by atoms with Gasteiger partial charge in [0.15, 0.2) is 0 Å². The number of urea groups is 1. The van der Waals surface area contributed by atoms with Crippen LogP contribution in [0.5, 0.6) is 11.5 Å². The number of nitriles is 1. The quantitative estimate of drug-likeness (QED) is 0.895. The molecule has 1 aromatic heterocycles. The maximum absolute atomic E-state index is 13.6. The Labute approximate surface area is 113 Å². The second-order valence-electron chi connectivity index (χ2n) is 3.72. The Morgan fingerprint density at radius 1 is 1.35 bits per heavy atom. The molecule has 0 spiro atoms. The molecular weight excluding hydrogens is 263 g/mol. The number of halogens is 1. The Balaban J connectivity index is 2.20. The van der Waals surface area contributed by atoms with E-state index >= 15 is 0 Å². The first kappa shape index (κ1) is 13.3. The lowest BCUT2D eigenvalue weighted by Crippen LogP contribution is -2.19. The molecule has 1 aromatic carbocycles. The molecule has 0 bridgehead atoms. The molecule has 0 aliphatic rings. The number of aromatic nitrogens is 1. The van der Waals surface area contributed by atoms with Gasteiger partial charge in [-0.15, -0.1) is 0 Å². The lowest BCUT2D eigenvalue weighted by atomic mass is 10.3. The Morgan fingerprint density at radius 2 is 2.10 bits per heavy atom. The van der Waals surface area contributed by atoms with Crippen LogP contribution in [0.15, 0.2) is 36.5 Å². The highest BCUT2D eigenvalue weighted by molar-refractivity contribution is 5.87. The van der Waals surface area contributed by atoms with Crippen LogP contribution in [0.4, 0.5) is 14.9 Å². The van der Waals surface area contributed by atoms with E-state index in [2.05, 4.69) is 10.3 Å². The largest absolute Gasteiger partial charge is 0.457 e. The molecule has 0 radical (unpaired) electrons. The van der Waals surface area contributed by atoms with Crippen molar-refractivity contribution in [2.45, 2.75) is 0 Å². The van der Waals surface area contributed by atoms with Gasteiger partial charge in [-0.05, 0) is 18.2 Å². The molecule has 0 unspecified atom stereocenters. The van der Waals surface area contributed by atoms with Gasteiger partial charge >= 0.3 is 6.03 Å². The van der Waals surface area contributed by atoms with E-state index in [1.165, 1.54) is 30.5 Å². The van der Waals surface area contributed by atoms with Crippen LogP contribution >= 0.6 is 0 Å². The minimum atomic E-state index is -0.856. The number of hydrogen-bond acceptors (Lipinski definition) is 4. The molecule has 0 aliphatic heterocycles. The summed E-state index contributed by atoms with van der Waals surface area (Å²) < 4.78 is 19.0. The van der Waals surface area contributed by atoms with Gasteiger partial charge in [-0.25, -0.2) is 14.2 Å². The van der Waals surface area contributed by atoms with Crippen LogP contribution in [0.25, 0.3) is 0 Å². The highest BCUT2D eigenvalue weighted by atomic mass is 19.1. The highest BCUT2D eigenvalue weighted by Crippen LogP contribution is 2.25. The Morgan fingerprint density at radius 3 is 2.75 bits per heavy atom. The van der Waals surface area contributed by atoms with Crippen LogP contribution < -0.4 is 15.8 Å². The molecule has 0 aliphatic carbocycles. The first-order valence-corrected chi connectivity index (χ1v) is 5.48. The van der Waals surface area contributed by atoms with Crippen LogP contribution in [0, 0.1) is 17.1 Å². The first-order valence-electron chi connectivity index (χ1n) is 5.48. The van der Waals surface area contributed by atoms with Gasteiger partial charge in [0.1, 0.15) is 29.1 Å². The molecule has 2 rings (SSSR count). The number of ether oxygens (including phenoxy) is 1. The maximum Gasteiger partial charge on any atom is 0.316 e. The molecule has 6 nitrogen and oxygen atoms in total. The standard InChI is InChI=1S/C13H9FN4O2/c14-11-6-9(1-2-12(11)18-13(16)19)20-10-3-4-17-8(5-10)7-15/h1-6H,(H3,16,18,19). The number of rotatable bonds is 3. The SMILES string of the molecule is N#Cc1cc(Oc2ccc(NC(N)=O)c(F)c2)ccn1. The smallest absolute Gasteiger partial charge is 0.316 e. The summed E-state index contributed by atoms with van der Waals surface area (Å²) in [6.07, 6.45) is 1.41. The number of benzene rings is 1. The summed E-state index contributed by atoms with van der Waals surface area (Å²) in [5, 5.41) is 10.9. The maximum atomic E-state index is 13.6. The zero-order valence-electron chi connectivity index (χ0n) is 10.1. The molecule has 2 aromatic rings. The number of hydrogen-bond donors (Lipinski definition) is 2. The predicted octanol–water partition coefficient (Wildman–Crippen LogP) is 2.38. The minimum absolute atomic E-state index is 0.0442. The number of anilines is 1. The summed E-state index contributed by atoms with van der Waals surface area (Å²) in [7, 11) is 0. The van der Waals surface area contributed by atoms with Crippen molar-refractivity contribution >= 4 is 11.7 Å². The van der Waals surface area contributed by atoms with E-state index < -0.39 is 11.8 Å². The molecule has 0 saturated heterocycles. The summed E-state index contributed by atoms with van der Waals surface area (Å²) >= 11 is 0. The number of carbonyl (C=O) groups is 1. The van der Waals surface area contributed by atoms with Gasteiger partial charge in [-0.3, -0.25) is 0 Å². The normalized spacial score (nSPS) is 9.60. The molecule has 3 N–H and O–H groups in total. The number of nitrogens with zero attached hydrogens (tertiary/aromatic N) is 2. The van der Waals surface area contributed by atoms with Crippen LogP contribution in [-0.2, 0) is 0 Å². The number of nitrogens with two attached hydrogens (primary N) is 1. The summed E-state index contributed by atoms with van der Waals surface area (Å²) in [6.45, 7) is 0. The van der Waals surface area contributed by atoms with E-state index in [-0.39, 0.29) is 17.1 Å². The lowest BCUT2D eigenvalue weighted by Gasteiger charge is -2.08. The van der Waals surface area contributed by atoms with Gasteiger partial charge in [-0.1, -0.05) is 0 Å². The van der Waals surface area contributed by atoms with Crippen molar-refractivity contribution in [2.75, 3.05) is 5.32 Å². The van der Waals surface area contributed by atoms with Gasteiger partial charge < -0.3 is 15.8 Å². The molecule has 100 valence electrons. The molecule has 0 fully saturated rings. The molecule has 1 heterocycles. The third-order valence-electron chi connectivity index (χ3n) is 2.28. The van der Waals surface area contributed by atoms with E-state index in [1.807, 2.05) is 6.07 Å². The average Bonchev–Trinajstić information content (AvgIpc) is 2.42. The van der Waals surface area contributed by atoms with E-state index in [9.17, 15) is 9.18 Å². The van der Waals surface area contributed by atoms with E-state index in [1.54, 1.807) is 0 Å². The van der Waals surface area contributed by atoms with Crippen molar-refractivity contribution < 1.29 is 13.9 Å². The summed E-state index contributed by atoms with van der Waals surface area (Å²) in [5.74, 6) is -0.116. The highest BCUT2D eigenvalue weighted by Gasteiger charge is 2.07. The summed E-state index contributed by atoms with van der Waals surface area (Å²) in [5.41, 5.74) is 5.05. The third-order valence-corrected chi connectivity index (χ3v) is 2.28. The summed E-state index contributed by atoms with van der Waals surface area (Å²) in [6, 6.07) is 7.85. The monoisotopic (exact) mass is 272 g/mol. The fourth-order valence-corrected chi connectivity index (χ4v) is 1.47. The predicted molar refractivity (Wildman–Crippen MR) is 68.6 cm³/mol. The second kappa shape index (κ2) is 5.67. The number of pyridine rings is 1. The molecular formula is C13H9FN4O2. The Kier molecular flexibility index (Phi) is 3.77. The minimum Gasteiger partial charge on any atom is -0.457 e. The van der Waals surface area contributed by atoms with Crippen molar-refractivity contribution in [2.24, 2.45) is 5.73 Å². The Bertz CT molecular complexity index is 697. The summed E-state index contributed by atoms with van der Waals surface area (Å²) in [4.78, 5) is 14.4. The lowest BCUT2D eigenvalue weighted by molar-refractivity contribution is 0.259. The van der Waals surface area contributed by atoms with Gasteiger partial charge in [-0.2, -0.15) is 5.26 Å². The van der Waals surface area contributed by atoms with Crippen molar-refractivity contribution in [1.82, 2.24) is 4.98 Å². The molecule has 0 saturated carbocycles. The molecule has 20 heavy (non-hydrogen) atoms. The van der Waals surface area contributed by atoms with E-state index in [0.29, 0.717) is 5.75 Å². The zero-order chi connectivity index (χ0) is 14.5. The Hall–Kier alpha value is -3.14. The van der Waals surface area contributed by atoms with Crippen LogP contribution in [0.3, 0.4) is 0 Å². The van der Waals surface area contributed by atoms with Gasteiger partial charge in [0.25, 0.3) is 0 Å². The zero-order valence-corrected chi connectivity index (χ0v) is 10.1. The fraction of sp³-hybridized carbons (Fsp3) is 0. The van der Waals surface area contributed by atoms with E-state index in [0.717, 1.165) is 6.07 Å². The number of nitrogens with one attached hydrogen (secondary N) is 1. The average molecular weight is 272 g/mol. The number of amides is 2. The van der Waals surface area contributed by atoms with Crippen molar-refractivity contribution in [1.29, 1.82) is 5.26 Å². The van der Waals surface area contributed by atoms with Crippen LogP contribution in [0.1, 0.15) is 5.69 Å². The molecule has 2 amide bonds. The third kappa shape index (κ3) is 3.20. The second-order valence-corrected chi connectivity index (χ2v) is 3.72. The number of primary amides is 1. The van der Waals surface area contributed by atoms with E-state index in [4.69, 9.17) is 15.7 Å². The van der Waals surface area contributed by atoms with Gasteiger partial charge in [0.05, 0.1) is 5.69 Å². The molecule has 7 heteroatoms. The van der Waals surface area contributed by atoms with Crippen molar-refractivity contribution in [3.8, 4) is 17.6 Å². The van der Waals surface area contributed by atoms with Crippen LogP contribution in [0.2, 0.25) is 0 Å².